The quantitative estimate of drug-likeness (QED) is 0.443. The molecule has 32 heavy (non-hydrogen) atoms. The molecule has 1 aliphatic heterocycles. The molecule has 2 N–H and O–H groups in total. The highest BCUT2D eigenvalue weighted by Crippen LogP contribution is 2.36. The summed E-state index contributed by atoms with van der Waals surface area (Å²) < 4.78 is 1.95. The van der Waals surface area contributed by atoms with Crippen molar-refractivity contribution in [3.63, 3.8) is 0 Å². The Bertz CT molecular complexity index is 1390. The van der Waals surface area contributed by atoms with Gasteiger partial charge in [-0.25, -0.2) is 4.98 Å². The van der Waals surface area contributed by atoms with Gasteiger partial charge < -0.3 is 10.6 Å². The van der Waals surface area contributed by atoms with Gasteiger partial charge in [-0.1, -0.05) is 36.4 Å². The number of benzene rings is 2. The van der Waals surface area contributed by atoms with Gasteiger partial charge in [-0.05, 0) is 53.9 Å². The normalized spacial score (nSPS) is 16.1. The third-order valence-corrected chi connectivity index (χ3v) is 6.11. The van der Waals surface area contributed by atoms with Gasteiger partial charge in [0, 0.05) is 30.5 Å². The first-order valence-corrected chi connectivity index (χ1v) is 11.0. The van der Waals surface area contributed by atoms with Crippen molar-refractivity contribution in [1.82, 2.24) is 29.9 Å². The molecule has 0 bridgehead atoms. The second kappa shape index (κ2) is 8.01. The number of rotatable bonds is 5. The number of hydrogen-bond acceptors (Lipinski definition) is 6. The predicted molar refractivity (Wildman–Crippen MR) is 126 cm³/mol. The number of aromatic nitrogens is 5. The van der Waals surface area contributed by atoms with Gasteiger partial charge in [-0.15, -0.1) is 10.2 Å². The van der Waals surface area contributed by atoms with Crippen molar-refractivity contribution in [3.8, 4) is 22.4 Å². The maximum Gasteiger partial charge on any atom is 0.210 e. The van der Waals surface area contributed by atoms with E-state index >= 15 is 0 Å². The van der Waals surface area contributed by atoms with Crippen molar-refractivity contribution in [3.05, 3.63) is 73.3 Å². The SMILES string of the molecule is c1ccc2cc(-c3c(-c4ccncc4)nc(NCC4CCCN4)n4cnnc34)ccc2c1. The van der Waals surface area contributed by atoms with Crippen LogP contribution in [0.3, 0.4) is 0 Å². The second-order valence-electron chi connectivity index (χ2n) is 8.16. The van der Waals surface area contributed by atoms with E-state index in [-0.39, 0.29) is 0 Å². The summed E-state index contributed by atoms with van der Waals surface area (Å²) in [7, 11) is 0. The van der Waals surface area contributed by atoms with E-state index in [0.29, 0.717) is 6.04 Å². The molecular weight excluding hydrogens is 398 g/mol. The van der Waals surface area contributed by atoms with E-state index in [1.807, 2.05) is 16.5 Å². The fourth-order valence-electron chi connectivity index (χ4n) is 4.48. The van der Waals surface area contributed by atoms with Crippen LogP contribution in [0.4, 0.5) is 5.95 Å². The Labute approximate surface area is 185 Å². The Kier molecular flexibility index (Phi) is 4.73. The van der Waals surface area contributed by atoms with Gasteiger partial charge >= 0.3 is 0 Å². The predicted octanol–water partition coefficient (Wildman–Crippen LogP) is 4.17. The molecule has 158 valence electrons. The lowest BCUT2D eigenvalue weighted by Gasteiger charge is -2.17. The fraction of sp³-hybridized carbons (Fsp3) is 0.200. The molecule has 1 fully saturated rings. The molecule has 3 aromatic heterocycles. The number of pyridine rings is 1. The van der Waals surface area contributed by atoms with Crippen molar-refractivity contribution in [2.45, 2.75) is 18.9 Å². The van der Waals surface area contributed by atoms with Crippen LogP contribution in [0.25, 0.3) is 38.8 Å². The standard InChI is InChI=1S/C25H23N7/c1-2-5-19-14-20(8-7-17(19)4-1)22-23(18-9-12-26-13-10-18)30-25(32-16-29-31-24(22)32)28-15-21-6-3-11-27-21/h1-2,4-5,7-10,12-14,16,21,27H,3,6,11,15H2,(H,28,30). The molecule has 1 unspecified atom stereocenters. The topological polar surface area (TPSA) is 80.0 Å². The molecule has 4 heterocycles. The van der Waals surface area contributed by atoms with Crippen LogP contribution in [-0.4, -0.2) is 43.7 Å². The van der Waals surface area contributed by atoms with Gasteiger partial charge in [0.15, 0.2) is 5.65 Å². The minimum atomic E-state index is 0.452. The summed E-state index contributed by atoms with van der Waals surface area (Å²) >= 11 is 0. The zero-order valence-corrected chi connectivity index (χ0v) is 17.6. The average molecular weight is 422 g/mol. The van der Waals surface area contributed by atoms with E-state index in [0.717, 1.165) is 47.1 Å². The highest BCUT2D eigenvalue weighted by molar-refractivity contribution is 5.95. The Morgan fingerprint density at radius 3 is 2.72 bits per heavy atom. The lowest BCUT2D eigenvalue weighted by molar-refractivity contribution is 0.630. The van der Waals surface area contributed by atoms with Crippen molar-refractivity contribution < 1.29 is 0 Å². The number of nitrogens with one attached hydrogen (secondary N) is 2. The van der Waals surface area contributed by atoms with E-state index < -0.39 is 0 Å². The van der Waals surface area contributed by atoms with Crippen LogP contribution >= 0.6 is 0 Å². The number of fused-ring (bicyclic) bond motifs is 2. The van der Waals surface area contributed by atoms with E-state index in [1.54, 1.807) is 18.7 Å². The first-order chi connectivity index (χ1) is 15.9. The second-order valence-corrected chi connectivity index (χ2v) is 8.16. The van der Waals surface area contributed by atoms with E-state index in [4.69, 9.17) is 4.98 Å². The minimum Gasteiger partial charge on any atom is -0.354 e. The maximum atomic E-state index is 5.08. The van der Waals surface area contributed by atoms with Gasteiger partial charge in [-0.3, -0.25) is 9.38 Å². The van der Waals surface area contributed by atoms with E-state index in [1.165, 1.54) is 23.6 Å². The van der Waals surface area contributed by atoms with Gasteiger partial charge in [-0.2, -0.15) is 0 Å². The lowest BCUT2D eigenvalue weighted by atomic mass is 9.98. The maximum absolute atomic E-state index is 5.08. The van der Waals surface area contributed by atoms with Crippen molar-refractivity contribution in [2.24, 2.45) is 0 Å². The molecule has 7 heteroatoms. The minimum absolute atomic E-state index is 0.452. The fourth-order valence-corrected chi connectivity index (χ4v) is 4.48. The van der Waals surface area contributed by atoms with Crippen LogP contribution in [0.5, 0.6) is 0 Å². The first-order valence-electron chi connectivity index (χ1n) is 11.0. The number of anilines is 1. The van der Waals surface area contributed by atoms with Crippen LogP contribution in [0, 0.1) is 0 Å². The Balaban J connectivity index is 1.54. The summed E-state index contributed by atoms with van der Waals surface area (Å²) in [5.74, 6) is 0.745. The zero-order chi connectivity index (χ0) is 21.3. The van der Waals surface area contributed by atoms with E-state index in [2.05, 4.69) is 68.3 Å². The molecule has 0 aliphatic carbocycles. The summed E-state index contributed by atoms with van der Waals surface area (Å²) in [5, 5.41) is 18.2. The zero-order valence-electron chi connectivity index (χ0n) is 17.6. The van der Waals surface area contributed by atoms with Gasteiger partial charge in [0.2, 0.25) is 5.95 Å². The van der Waals surface area contributed by atoms with Crippen molar-refractivity contribution in [1.29, 1.82) is 0 Å². The molecule has 1 saturated heterocycles. The highest BCUT2D eigenvalue weighted by Gasteiger charge is 2.20. The Hall–Kier alpha value is -3.84. The van der Waals surface area contributed by atoms with Crippen LogP contribution in [0.2, 0.25) is 0 Å². The smallest absolute Gasteiger partial charge is 0.210 e. The molecule has 2 aromatic carbocycles. The van der Waals surface area contributed by atoms with Crippen molar-refractivity contribution in [2.75, 3.05) is 18.4 Å². The molecular formula is C25H23N7. The number of nitrogens with zero attached hydrogens (tertiary/aromatic N) is 5. The first kappa shape index (κ1) is 18.9. The van der Waals surface area contributed by atoms with Crippen LogP contribution in [-0.2, 0) is 0 Å². The molecule has 0 saturated carbocycles. The lowest BCUT2D eigenvalue weighted by Crippen LogP contribution is -2.30. The Morgan fingerprint density at radius 2 is 1.88 bits per heavy atom. The number of hydrogen-bond donors (Lipinski definition) is 2. The van der Waals surface area contributed by atoms with E-state index in [9.17, 15) is 0 Å². The molecule has 7 nitrogen and oxygen atoms in total. The monoisotopic (exact) mass is 421 g/mol. The van der Waals surface area contributed by atoms with Gasteiger partial charge in [0.25, 0.3) is 0 Å². The van der Waals surface area contributed by atoms with Crippen molar-refractivity contribution >= 4 is 22.4 Å². The molecule has 0 radical (unpaired) electrons. The Morgan fingerprint density at radius 1 is 1.00 bits per heavy atom. The molecule has 1 atom stereocenters. The van der Waals surface area contributed by atoms with Crippen LogP contribution in [0.15, 0.2) is 73.3 Å². The molecule has 6 rings (SSSR count). The highest BCUT2D eigenvalue weighted by atomic mass is 15.3. The summed E-state index contributed by atoms with van der Waals surface area (Å²) in [6.45, 7) is 1.89. The van der Waals surface area contributed by atoms with Crippen LogP contribution < -0.4 is 10.6 Å². The summed E-state index contributed by atoms with van der Waals surface area (Å²) in [4.78, 5) is 9.27. The summed E-state index contributed by atoms with van der Waals surface area (Å²) in [6.07, 6.45) is 7.71. The third kappa shape index (κ3) is 3.36. The summed E-state index contributed by atoms with van der Waals surface area (Å²) in [5.41, 5.74) is 4.67. The average Bonchev–Trinajstić information content (AvgIpc) is 3.55. The largest absolute Gasteiger partial charge is 0.354 e. The molecule has 0 spiro atoms. The van der Waals surface area contributed by atoms with Gasteiger partial charge in [0.1, 0.15) is 6.33 Å². The van der Waals surface area contributed by atoms with Crippen LogP contribution in [0.1, 0.15) is 12.8 Å². The third-order valence-electron chi connectivity index (χ3n) is 6.11. The molecule has 1 aliphatic rings. The van der Waals surface area contributed by atoms with Gasteiger partial charge in [0.05, 0.1) is 11.3 Å². The molecule has 0 amide bonds. The summed E-state index contributed by atoms with van der Waals surface area (Å²) in [6, 6.07) is 19.3. The molecule has 5 aromatic rings.